The van der Waals surface area contributed by atoms with Gasteiger partial charge in [0.1, 0.15) is 11.6 Å². The molecule has 110 valence electrons. The van der Waals surface area contributed by atoms with E-state index in [1.165, 1.54) is 0 Å². The van der Waals surface area contributed by atoms with Crippen molar-refractivity contribution in [3.05, 3.63) is 36.2 Å². The normalized spacial score (nSPS) is 11.4. The third-order valence-electron chi connectivity index (χ3n) is 3.19. The second kappa shape index (κ2) is 5.51. The highest BCUT2D eigenvalue weighted by Crippen LogP contribution is 2.19. The Hall–Kier alpha value is -2.45. The van der Waals surface area contributed by atoms with E-state index < -0.39 is 0 Å². The van der Waals surface area contributed by atoms with Gasteiger partial charge in [-0.25, -0.2) is 15.8 Å². The second-order valence-corrected chi connectivity index (χ2v) is 4.89. The molecule has 0 radical (unpaired) electrons. The van der Waals surface area contributed by atoms with E-state index in [9.17, 15) is 0 Å². The standard InChI is InChI=1S/C13H17N7O/c1-19(7-9-4-3-5-21-9)8-11-16-12(18-14)10-6-15-20(2)13(10)17-11/h3-6H,7-8,14H2,1-2H3,(H,16,17,18). The lowest BCUT2D eigenvalue weighted by atomic mass is 10.3. The van der Waals surface area contributed by atoms with Crippen molar-refractivity contribution in [2.24, 2.45) is 12.9 Å². The largest absolute Gasteiger partial charge is 0.468 e. The van der Waals surface area contributed by atoms with E-state index in [2.05, 4.69) is 25.4 Å². The molecule has 0 bridgehead atoms. The van der Waals surface area contributed by atoms with Crippen LogP contribution in [0.15, 0.2) is 29.0 Å². The van der Waals surface area contributed by atoms with Crippen LogP contribution in [0.3, 0.4) is 0 Å². The summed E-state index contributed by atoms with van der Waals surface area (Å²) < 4.78 is 7.04. The van der Waals surface area contributed by atoms with E-state index >= 15 is 0 Å². The summed E-state index contributed by atoms with van der Waals surface area (Å²) in [7, 11) is 3.82. The number of aryl methyl sites for hydroxylation is 1. The van der Waals surface area contributed by atoms with E-state index in [1.807, 2.05) is 26.2 Å². The van der Waals surface area contributed by atoms with Gasteiger partial charge >= 0.3 is 0 Å². The number of nitrogens with one attached hydrogen (secondary N) is 1. The average Bonchev–Trinajstić information content (AvgIpc) is 3.09. The Labute approximate surface area is 121 Å². The van der Waals surface area contributed by atoms with Crippen molar-refractivity contribution in [3.63, 3.8) is 0 Å². The summed E-state index contributed by atoms with van der Waals surface area (Å²) in [5.74, 6) is 7.68. The van der Waals surface area contributed by atoms with Gasteiger partial charge in [0.05, 0.1) is 30.9 Å². The molecule has 3 heterocycles. The number of hydrazine groups is 1. The zero-order valence-corrected chi connectivity index (χ0v) is 11.9. The molecule has 0 aliphatic heterocycles. The number of hydrogen-bond acceptors (Lipinski definition) is 7. The highest BCUT2D eigenvalue weighted by molar-refractivity contribution is 5.86. The van der Waals surface area contributed by atoms with Gasteiger partial charge < -0.3 is 9.84 Å². The third kappa shape index (κ3) is 2.71. The zero-order valence-electron chi connectivity index (χ0n) is 11.9. The van der Waals surface area contributed by atoms with Crippen LogP contribution in [0.5, 0.6) is 0 Å². The number of furan rings is 1. The molecule has 0 amide bonds. The summed E-state index contributed by atoms with van der Waals surface area (Å²) in [4.78, 5) is 11.0. The summed E-state index contributed by atoms with van der Waals surface area (Å²) in [5.41, 5.74) is 3.35. The van der Waals surface area contributed by atoms with E-state index in [1.54, 1.807) is 17.1 Å². The van der Waals surface area contributed by atoms with Gasteiger partial charge in [0.15, 0.2) is 11.5 Å². The molecule has 0 aliphatic rings. The van der Waals surface area contributed by atoms with Gasteiger partial charge in [-0.3, -0.25) is 9.58 Å². The predicted octanol–water partition coefficient (Wildman–Crippen LogP) is 0.874. The number of rotatable bonds is 5. The number of fused-ring (bicyclic) bond motifs is 1. The number of aromatic nitrogens is 4. The first-order valence-electron chi connectivity index (χ1n) is 6.53. The fourth-order valence-electron chi connectivity index (χ4n) is 2.21. The molecule has 0 saturated heterocycles. The molecule has 8 heteroatoms. The molecule has 3 aromatic rings. The van der Waals surface area contributed by atoms with E-state index in [4.69, 9.17) is 10.3 Å². The quantitative estimate of drug-likeness (QED) is 0.531. The van der Waals surface area contributed by atoms with Gasteiger partial charge in [-0.05, 0) is 19.2 Å². The van der Waals surface area contributed by atoms with Gasteiger partial charge in [0.25, 0.3) is 0 Å². The first kappa shape index (κ1) is 13.5. The van der Waals surface area contributed by atoms with Crippen LogP contribution in [0.2, 0.25) is 0 Å². The van der Waals surface area contributed by atoms with E-state index in [-0.39, 0.29) is 0 Å². The first-order valence-corrected chi connectivity index (χ1v) is 6.53. The lowest BCUT2D eigenvalue weighted by molar-refractivity contribution is 0.281. The summed E-state index contributed by atoms with van der Waals surface area (Å²) in [5, 5.41) is 4.98. The molecule has 3 rings (SSSR count). The number of nitrogen functional groups attached to an aromatic ring is 1. The average molecular weight is 287 g/mol. The van der Waals surface area contributed by atoms with Crippen molar-refractivity contribution in [2.45, 2.75) is 13.1 Å². The van der Waals surface area contributed by atoms with Gasteiger partial charge in [0, 0.05) is 7.05 Å². The van der Waals surface area contributed by atoms with Gasteiger partial charge in [0.2, 0.25) is 0 Å². The number of anilines is 1. The number of nitrogens with zero attached hydrogens (tertiary/aromatic N) is 5. The summed E-state index contributed by atoms with van der Waals surface area (Å²) in [6.45, 7) is 1.27. The Kier molecular flexibility index (Phi) is 3.55. The maximum atomic E-state index is 5.53. The van der Waals surface area contributed by atoms with Crippen LogP contribution in [-0.4, -0.2) is 31.7 Å². The maximum Gasteiger partial charge on any atom is 0.163 e. The molecule has 0 spiro atoms. The minimum absolute atomic E-state index is 0.578. The Balaban J connectivity index is 1.84. The van der Waals surface area contributed by atoms with Crippen molar-refractivity contribution < 1.29 is 4.42 Å². The second-order valence-electron chi connectivity index (χ2n) is 4.89. The molecule has 21 heavy (non-hydrogen) atoms. The minimum Gasteiger partial charge on any atom is -0.468 e. The van der Waals surface area contributed by atoms with Crippen LogP contribution >= 0.6 is 0 Å². The molecule has 0 fully saturated rings. The summed E-state index contributed by atoms with van der Waals surface area (Å²) in [6.07, 6.45) is 3.36. The summed E-state index contributed by atoms with van der Waals surface area (Å²) >= 11 is 0. The Bertz CT molecular complexity index is 734. The fourth-order valence-corrected chi connectivity index (χ4v) is 2.21. The van der Waals surface area contributed by atoms with Crippen LogP contribution in [-0.2, 0) is 20.1 Å². The Morgan fingerprint density at radius 2 is 2.24 bits per heavy atom. The molecular formula is C13H17N7O. The highest BCUT2D eigenvalue weighted by atomic mass is 16.3. The molecule has 0 aromatic carbocycles. The topological polar surface area (TPSA) is 98.0 Å². The van der Waals surface area contributed by atoms with Gasteiger partial charge in [-0.15, -0.1) is 0 Å². The lowest BCUT2D eigenvalue weighted by Crippen LogP contribution is -2.20. The van der Waals surface area contributed by atoms with Crippen molar-refractivity contribution in [1.29, 1.82) is 0 Å². The monoisotopic (exact) mass is 287 g/mol. The van der Waals surface area contributed by atoms with E-state index in [0.29, 0.717) is 24.7 Å². The highest BCUT2D eigenvalue weighted by Gasteiger charge is 2.12. The number of hydrogen-bond donors (Lipinski definition) is 2. The zero-order chi connectivity index (χ0) is 14.8. The molecule has 0 aliphatic carbocycles. The molecule has 0 saturated carbocycles. The third-order valence-corrected chi connectivity index (χ3v) is 3.19. The molecule has 3 N–H and O–H groups in total. The molecular weight excluding hydrogens is 270 g/mol. The molecule has 3 aromatic heterocycles. The predicted molar refractivity (Wildman–Crippen MR) is 78.0 cm³/mol. The molecule has 0 unspecified atom stereocenters. The van der Waals surface area contributed by atoms with Crippen molar-refractivity contribution >= 4 is 16.9 Å². The Morgan fingerprint density at radius 1 is 1.38 bits per heavy atom. The van der Waals surface area contributed by atoms with Crippen LogP contribution in [0.4, 0.5) is 5.82 Å². The minimum atomic E-state index is 0.578. The fraction of sp³-hybridized carbons (Fsp3) is 0.308. The van der Waals surface area contributed by atoms with Gasteiger partial charge in [-0.1, -0.05) is 0 Å². The van der Waals surface area contributed by atoms with Crippen LogP contribution in [0, 0.1) is 0 Å². The first-order chi connectivity index (χ1) is 10.2. The van der Waals surface area contributed by atoms with Crippen molar-refractivity contribution in [1.82, 2.24) is 24.6 Å². The van der Waals surface area contributed by atoms with Gasteiger partial charge in [-0.2, -0.15) is 5.10 Å². The van der Waals surface area contributed by atoms with E-state index in [0.717, 1.165) is 16.8 Å². The van der Waals surface area contributed by atoms with Crippen LogP contribution in [0.25, 0.3) is 11.0 Å². The maximum absolute atomic E-state index is 5.53. The molecule has 8 nitrogen and oxygen atoms in total. The van der Waals surface area contributed by atoms with Crippen LogP contribution in [0.1, 0.15) is 11.6 Å². The smallest absolute Gasteiger partial charge is 0.163 e. The Morgan fingerprint density at radius 3 is 2.95 bits per heavy atom. The van der Waals surface area contributed by atoms with Crippen molar-refractivity contribution in [3.8, 4) is 0 Å². The number of nitrogens with two attached hydrogens (primary N) is 1. The van der Waals surface area contributed by atoms with Crippen molar-refractivity contribution in [2.75, 3.05) is 12.5 Å². The summed E-state index contributed by atoms with van der Waals surface area (Å²) in [6, 6.07) is 3.81. The van der Waals surface area contributed by atoms with Crippen LogP contribution < -0.4 is 11.3 Å². The SMILES string of the molecule is CN(Cc1nc(NN)c2cnn(C)c2n1)Cc1ccco1. The lowest BCUT2D eigenvalue weighted by Gasteiger charge is -2.14. The molecule has 0 atom stereocenters.